The lowest BCUT2D eigenvalue weighted by atomic mass is 10.1. The molecule has 1 aromatic rings. The van der Waals surface area contributed by atoms with Crippen LogP contribution in [0.3, 0.4) is 0 Å². The van der Waals surface area contributed by atoms with Gasteiger partial charge in [-0.2, -0.15) is 5.10 Å². The Labute approximate surface area is 99.8 Å². The maximum Gasteiger partial charge on any atom is 0.308 e. The molecule has 1 amide bonds. The molecule has 0 bridgehead atoms. The molecule has 1 heterocycles. The molecule has 0 radical (unpaired) electrons. The largest absolute Gasteiger partial charge is 0.481 e. The molecule has 94 valence electrons. The monoisotopic (exact) mass is 239 g/mol. The lowest BCUT2D eigenvalue weighted by Gasteiger charge is -2.21. The van der Waals surface area contributed by atoms with Gasteiger partial charge in [0.05, 0.1) is 5.92 Å². The zero-order valence-electron chi connectivity index (χ0n) is 10.3. The predicted molar refractivity (Wildman–Crippen MR) is 61.6 cm³/mol. The highest BCUT2D eigenvalue weighted by molar-refractivity contribution is 5.92. The van der Waals surface area contributed by atoms with Gasteiger partial charge in [-0.05, 0) is 13.0 Å². The molecule has 0 aliphatic heterocycles. The topological polar surface area (TPSA) is 75.4 Å². The van der Waals surface area contributed by atoms with E-state index >= 15 is 0 Å². The van der Waals surface area contributed by atoms with E-state index in [0.29, 0.717) is 12.2 Å². The molecule has 1 atom stereocenters. The van der Waals surface area contributed by atoms with Crippen LogP contribution >= 0.6 is 0 Å². The van der Waals surface area contributed by atoms with E-state index in [9.17, 15) is 9.59 Å². The standard InChI is InChI=1S/C11H17N3O3/c1-4-14(7-8(2)11(16)17)10(15)9-5-6-13(3)12-9/h5-6,8H,4,7H2,1-3H3,(H,16,17). The molecule has 0 saturated carbocycles. The third kappa shape index (κ3) is 3.30. The van der Waals surface area contributed by atoms with Crippen molar-refractivity contribution in [3.63, 3.8) is 0 Å². The number of hydrogen-bond acceptors (Lipinski definition) is 3. The molecule has 6 heteroatoms. The van der Waals surface area contributed by atoms with Crippen molar-refractivity contribution < 1.29 is 14.7 Å². The number of nitrogens with zero attached hydrogens (tertiary/aromatic N) is 3. The summed E-state index contributed by atoms with van der Waals surface area (Å²) in [4.78, 5) is 24.2. The van der Waals surface area contributed by atoms with E-state index < -0.39 is 11.9 Å². The zero-order chi connectivity index (χ0) is 13.0. The van der Waals surface area contributed by atoms with E-state index in [1.165, 1.54) is 4.90 Å². The summed E-state index contributed by atoms with van der Waals surface area (Å²) in [6, 6.07) is 1.62. The van der Waals surface area contributed by atoms with E-state index in [1.54, 1.807) is 30.9 Å². The Morgan fingerprint density at radius 1 is 1.59 bits per heavy atom. The zero-order valence-corrected chi connectivity index (χ0v) is 10.3. The van der Waals surface area contributed by atoms with Crippen molar-refractivity contribution in [2.75, 3.05) is 13.1 Å². The van der Waals surface area contributed by atoms with Crippen molar-refractivity contribution >= 4 is 11.9 Å². The van der Waals surface area contributed by atoms with Gasteiger partial charge >= 0.3 is 5.97 Å². The van der Waals surface area contributed by atoms with E-state index in [1.807, 2.05) is 6.92 Å². The molecule has 1 unspecified atom stereocenters. The number of amides is 1. The highest BCUT2D eigenvalue weighted by Gasteiger charge is 2.21. The van der Waals surface area contributed by atoms with Crippen LogP contribution in [-0.4, -0.2) is 44.8 Å². The van der Waals surface area contributed by atoms with E-state index in [-0.39, 0.29) is 12.5 Å². The average molecular weight is 239 g/mol. The van der Waals surface area contributed by atoms with Gasteiger partial charge in [-0.3, -0.25) is 14.3 Å². The maximum atomic E-state index is 12.0. The third-order valence-electron chi connectivity index (χ3n) is 2.52. The molecule has 6 nitrogen and oxygen atoms in total. The molecule has 0 fully saturated rings. The summed E-state index contributed by atoms with van der Waals surface area (Å²) in [5.41, 5.74) is 0.340. The molecular weight excluding hydrogens is 222 g/mol. The van der Waals surface area contributed by atoms with Crippen LogP contribution in [0.15, 0.2) is 12.3 Å². The predicted octanol–water partition coefficient (Wildman–Crippen LogP) is 0.603. The number of aromatic nitrogens is 2. The Morgan fingerprint density at radius 3 is 2.65 bits per heavy atom. The van der Waals surface area contributed by atoms with Crippen molar-refractivity contribution in [1.82, 2.24) is 14.7 Å². The van der Waals surface area contributed by atoms with Gasteiger partial charge in [-0.15, -0.1) is 0 Å². The highest BCUT2D eigenvalue weighted by atomic mass is 16.4. The van der Waals surface area contributed by atoms with Crippen molar-refractivity contribution in [3.8, 4) is 0 Å². The van der Waals surface area contributed by atoms with Crippen molar-refractivity contribution in [3.05, 3.63) is 18.0 Å². The van der Waals surface area contributed by atoms with Crippen molar-refractivity contribution in [1.29, 1.82) is 0 Å². The molecule has 17 heavy (non-hydrogen) atoms. The fraction of sp³-hybridized carbons (Fsp3) is 0.545. The Kier molecular flexibility index (Phi) is 4.25. The number of aryl methyl sites for hydroxylation is 1. The van der Waals surface area contributed by atoms with Crippen LogP contribution in [0, 0.1) is 5.92 Å². The lowest BCUT2D eigenvalue weighted by molar-refractivity contribution is -0.141. The third-order valence-corrected chi connectivity index (χ3v) is 2.52. The van der Waals surface area contributed by atoms with Crippen LogP contribution in [0.2, 0.25) is 0 Å². The second kappa shape index (κ2) is 5.47. The van der Waals surface area contributed by atoms with Gasteiger partial charge in [-0.25, -0.2) is 0 Å². The molecule has 0 saturated heterocycles. The summed E-state index contributed by atoms with van der Waals surface area (Å²) in [6.45, 7) is 4.06. The maximum absolute atomic E-state index is 12.0. The number of carbonyl (C=O) groups is 2. The number of carboxylic acids is 1. The van der Waals surface area contributed by atoms with Crippen molar-refractivity contribution in [2.24, 2.45) is 13.0 Å². The number of carbonyl (C=O) groups excluding carboxylic acids is 1. The minimum Gasteiger partial charge on any atom is -0.481 e. The fourth-order valence-electron chi connectivity index (χ4n) is 1.46. The second-order valence-corrected chi connectivity index (χ2v) is 3.96. The number of carboxylic acid groups (broad SMARTS) is 1. The Hall–Kier alpha value is -1.85. The molecule has 1 rings (SSSR count). The van der Waals surface area contributed by atoms with Crippen LogP contribution in [-0.2, 0) is 11.8 Å². The van der Waals surface area contributed by atoms with Gasteiger partial charge in [0.1, 0.15) is 5.69 Å². The van der Waals surface area contributed by atoms with Gasteiger partial charge < -0.3 is 10.0 Å². The Balaban J connectivity index is 2.74. The molecular formula is C11H17N3O3. The molecule has 0 spiro atoms. The van der Waals surface area contributed by atoms with E-state index in [2.05, 4.69) is 5.10 Å². The first-order valence-corrected chi connectivity index (χ1v) is 5.47. The first kappa shape index (κ1) is 13.2. The van der Waals surface area contributed by atoms with Gasteiger partial charge in [0.25, 0.3) is 5.91 Å². The summed E-state index contributed by atoms with van der Waals surface area (Å²) in [6.07, 6.45) is 1.68. The average Bonchev–Trinajstić information content (AvgIpc) is 2.71. The summed E-state index contributed by atoms with van der Waals surface area (Å²) >= 11 is 0. The molecule has 0 aliphatic rings. The van der Waals surface area contributed by atoms with Crippen LogP contribution in [0.25, 0.3) is 0 Å². The SMILES string of the molecule is CCN(CC(C)C(=O)O)C(=O)c1ccn(C)n1. The first-order chi connectivity index (χ1) is 7.95. The fourth-order valence-corrected chi connectivity index (χ4v) is 1.46. The number of hydrogen-bond donors (Lipinski definition) is 1. The summed E-state index contributed by atoms with van der Waals surface area (Å²) < 4.78 is 1.54. The van der Waals surface area contributed by atoms with Gasteiger partial charge in [0, 0.05) is 26.3 Å². The van der Waals surface area contributed by atoms with Crippen LogP contribution in [0.1, 0.15) is 24.3 Å². The lowest BCUT2D eigenvalue weighted by Crippen LogP contribution is -2.37. The summed E-state index contributed by atoms with van der Waals surface area (Å²) in [5, 5.41) is 12.8. The Bertz CT molecular complexity index is 414. The number of aliphatic carboxylic acids is 1. The van der Waals surface area contributed by atoms with Crippen LogP contribution in [0.5, 0.6) is 0 Å². The van der Waals surface area contributed by atoms with Gasteiger partial charge in [-0.1, -0.05) is 6.92 Å². The Morgan fingerprint density at radius 2 is 2.24 bits per heavy atom. The molecule has 1 aromatic heterocycles. The number of rotatable bonds is 5. The van der Waals surface area contributed by atoms with Crippen LogP contribution < -0.4 is 0 Å². The molecule has 1 N–H and O–H groups in total. The minimum atomic E-state index is -0.905. The van der Waals surface area contributed by atoms with E-state index in [0.717, 1.165) is 0 Å². The van der Waals surface area contributed by atoms with Gasteiger partial charge in [0.2, 0.25) is 0 Å². The first-order valence-electron chi connectivity index (χ1n) is 5.47. The normalized spacial score (nSPS) is 12.2. The van der Waals surface area contributed by atoms with E-state index in [4.69, 9.17) is 5.11 Å². The smallest absolute Gasteiger partial charge is 0.308 e. The highest BCUT2D eigenvalue weighted by Crippen LogP contribution is 2.06. The quantitative estimate of drug-likeness (QED) is 0.816. The minimum absolute atomic E-state index is 0.196. The molecule has 0 aromatic carbocycles. The van der Waals surface area contributed by atoms with Crippen LogP contribution in [0.4, 0.5) is 0 Å². The summed E-state index contributed by atoms with van der Waals surface area (Å²) in [7, 11) is 1.73. The summed E-state index contributed by atoms with van der Waals surface area (Å²) in [5.74, 6) is -1.72. The molecule has 0 aliphatic carbocycles. The second-order valence-electron chi connectivity index (χ2n) is 3.96. The van der Waals surface area contributed by atoms with Gasteiger partial charge in [0.15, 0.2) is 0 Å². The van der Waals surface area contributed by atoms with Crippen molar-refractivity contribution in [2.45, 2.75) is 13.8 Å².